The van der Waals surface area contributed by atoms with Crippen molar-refractivity contribution in [3.63, 3.8) is 0 Å². The third kappa shape index (κ3) is 4.77. The van der Waals surface area contributed by atoms with Gasteiger partial charge in [-0.1, -0.05) is 32.1 Å². The highest BCUT2D eigenvalue weighted by Crippen LogP contribution is 2.39. The second-order valence-electron chi connectivity index (χ2n) is 8.47. The Morgan fingerprint density at radius 2 is 1.81 bits per heavy atom. The summed E-state index contributed by atoms with van der Waals surface area (Å²) in [5.41, 5.74) is -0.325. The van der Waals surface area contributed by atoms with Gasteiger partial charge in [0.2, 0.25) is 11.8 Å². The van der Waals surface area contributed by atoms with E-state index in [0.29, 0.717) is 25.7 Å². The van der Waals surface area contributed by atoms with E-state index in [1.165, 1.54) is 32.1 Å². The zero-order valence-electron chi connectivity index (χ0n) is 16.0. The number of nitrogens with one attached hydrogen (secondary N) is 1. The topological polar surface area (TPSA) is 72.9 Å². The molecule has 6 heteroatoms. The fraction of sp³-hybridized carbons (Fsp3) is 0.900. The van der Waals surface area contributed by atoms with E-state index in [-0.39, 0.29) is 23.8 Å². The fourth-order valence-electron chi connectivity index (χ4n) is 5.03. The lowest BCUT2D eigenvalue weighted by Crippen LogP contribution is -2.51. The molecule has 1 spiro atoms. The minimum Gasteiger partial charge on any atom is -0.395 e. The normalized spacial score (nSPS) is 29.0. The van der Waals surface area contributed by atoms with Crippen molar-refractivity contribution >= 4 is 11.8 Å². The molecule has 0 aromatic carbocycles. The summed E-state index contributed by atoms with van der Waals surface area (Å²) in [6, 6.07) is 0.329. The summed E-state index contributed by atoms with van der Waals surface area (Å²) < 4.78 is 0. The van der Waals surface area contributed by atoms with Crippen LogP contribution in [0, 0.1) is 5.41 Å². The van der Waals surface area contributed by atoms with E-state index in [1.54, 1.807) is 0 Å². The van der Waals surface area contributed by atoms with Gasteiger partial charge in [-0.2, -0.15) is 0 Å². The summed E-state index contributed by atoms with van der Waals surface area (Å²) in [4.78, 5) is 29.3. The van der Waals surface area contributed by atoms with E-state index in [1.807, 2.05) is 4.90 Å². The number of aliphatic hydroxyl groups excluding tert-OH is 1. The molecule has 1 atom stereocenters. The average molecular weight is 366 g/mol. The standard InChI is InChI=1S/C20H35N3O3/c24-14-13-23-11-6-9-20(19(23)26)10-12-22(16-20)15-18(25)21-17-7-4-2-1-3-5-8-17/h17,24H,1-16H2,(H,21,25)/t20-/m0/s1. The predicted molar refractivity (Wildman–Crippen MR) is 101 cm³/mol. The van der Waals surface area contributed by atoms with Crippen molar-refractivity contribution in [3.05, 3.63) is 0 Å². The molecule has 2 heterocycles. The van der Waals surface area contributed by atoms with Gasteiger partial charge >= 0.3 is 0 Å². The molecule has 3 aliphatic rings. The zero-order chi connectivity index (χ0) is 18.4. The van der Waals surface area contributed by atoms with Gasteiger partial charge in [0.25, 0.3) is 0 Å². The Balaban J connectivity index is 1.49. The van der Waals surface area contributed by atoms with Crippen LogP contribution >= 0.6 is 0 Å². The van der Waals surface area contributed by atoms with E-state index in [9.17, 15) is 14.7 Å². The van der Waals surface area contributed by atoms with Gasteiger partial charge in [0.05, 0.1) is 18.6 Å². The van der Waals surface area contributed by atoms with Crippen LogP contribution in [0.4, 0.5) is 0 Å². The lowest BCUT2D eigenvalue weighted by molar-refractivity contribution is -0.146. The summed E-state index contributed by atoms with van der Waals surface area (Å²) in [5, 5.41) is 12.4. The highest BCUT2D eigenvalue weighted by molar-refractivity contribution is 5.84. The van der Waals surface area contributed by atoms with E-state index in [2.05, 4.69) is 10.2 Å². The lowest BCUT2D eigenvalue weighted by atomic mass is 9.78. The number of likely N-dealkylation sites (tertiary alicyclic amines) is 2. The van der Waals surface area contributed by atoms with Crippen LogP contribution in [0.15, 0.2) is 0 Å². The molecule has 0 aromatic heterocycles. The molecule has 2 saturated heterocycles. The van der Waals surface area contributed by atoms with Gasteiger partial charge in [-0.05, 0) is 38.6 Å². The summed E-state index contributed by atoms with van der Waals surface area (Å²) in [6.07, 6.45) is 11.3. The Bertz CT molecular complexity index is 489. The zero-order valence-corrected chi connectivity index (χ0v) is 16.0. The number of nitrogens with zero attached hydrogens (tertiary/aromatic N) is 2. The molecule has 6 nitrogen and oxygen atoms in total. The van der Waals surface area contributed by atoms with Crippen molar-refractivity contribution < 1.29 is 14.7 Å². The van der Waals surface area contributed by atoms with Crippen LogP contribution in [0.25, 0.3) is 0 Å². The van der Waals surface area contributed by atoms with Crippen LogP contribution in [0.3, 0.4) is 0 Å². The van der Waals surface area contributed by atoms with E-state index in [0.717, 1.165) is 45.2 Å². The largest absolute Gasteiger partial charge is 0.395 e. The number of hydrogen-bond donors (Lipinski definition) is 2. The summed E-state index contributed by atoms with van der Waals surface area (Å²) in [6.45, 7) is 3.12. The van der Waals surface area contributed by atoms with Crippen molar-refractivity contribution in [1.29, 1.82) is 0 Å². The fourth-order valence-corrected chi connectivity index (χ4v) is 5.03. The second-order valence-corrected chi connectivity index (χ2v) is 8.47. The van der Waals surface area contributed by atoms with Crippen LogP contribution < -0.4 is 5.32 Å². The first-order valence-electron chi connectivity index (χ1n) is 10.5. The van der Waals surface area contributed by atoms with Crippen molar-refractivity contribution in [2.75, 3.05) is 39.3 Å². The Hall–Kier alpha value is -1.14. The molecule has 2 amide bonds. The minimum absolute atomic E-state index is 0.0231. The predicted octanol–water partition coefficient (Wildman–Crippen LogP) is 1.52. The SMILES string of the molecule is O=C(CN1CC[C@@]2(CCCN(CCO)C2=O)C1)NC1CCCCCCC1. The van der Waals surface area contributed by atoms with E-state index >= 15 is 0 Å². The molecule has 26 heavy (non-hydrogen) atoms. The van der Waals surface area contributed by atoms with Gasteiger partial charge in [-0.3, -0.25) is 14.5 Å². The number of hydrogen-bond acceptors (Lipinski definition) is 4. The molecular formula is C20H35N3O3. The maximum atomic E-state index is 12.8. The van der Waals surface area contributed by atoms with Crippen LogP contribution in [0.1, 0.15) is 64.2 Å². The van der Waals surface area contributed by atoms with Gasteiger partial charge < -0.3 is 15.3 Å². The molecule has 0 radical (unpaired) electrons. The molecule has 3 rings (SSSR count). The smallest absolute Gasteiger partial charge is 0.234 e. The third-order valence-electron chi connectivity index (χ3n) is 6.46. The number of aliphatic hydroxyl groups is 1. The van der Waals surface area contributed by atoms with Gasteiger partial charge in [0.15, 0.2) is 0 Å². The van der Waals surface area contributed by atoms with Crippen molar-refractivity contribution in [1.82, 2.24) is 15.1 Å². The first-order chi connectivity index (χ1) is 12.6. The van der Waals surface area contributed by atoms with Crippen LogP contribution in [0.2, 0.25) is 0 Å². The molecule has 1 aliphatic carbocycles. The Morgan fingerprint density at radius 3 is 2.54 bits per heavy atom. The average Bonchev–Trinajstić information content (AvgIpc) is 2.98. The number of rotatable bonds is 5. The van der Waals surface area contributed by atoms with Gasteiger partial charge in [-0.15, -0.1) is 0 Å². The highest BCUT2D eigenvalue weighted by atomic mass is 16.3. The summed E-state index contributed by atoms with van der Waals surface area (Å²) >= 11 is 0. The minimum atomic E-state index is -0.325. The van der Waals surface area contributed by atoms with E-state index in [4.69, 9.17) is 0 Å². The number of carbonyl (C=O) groups is 2. The number of piperidine rings is 1. The highest BCUT2D eigenvalue weighted by Gasteiger charge is 2.48. The quantitative estimate of drug-likeness (QED) is 0.775. The first-order valence-corrected chi connectivity index (χ1v) is 10.5. The summed E-state index contributed by atoms with van der Waals surface area (Å²) in [7, 11) is 0. The molecule has 0 unspecified atom stereocenters. The monoisotopic (exact) mass is 365 g/mol. The second kappa shape index (κ2) is 9.18. The summed E-state index contributed by atoms with van der Waals surface area (Å²) in [5.74, 6) is 0.295. The number of carbonyl (C=O) groups excluding carboxylic acids is 2. The molecule has 3 fully saturated rings. The van der Waals surface area contributed by atoms with Gasteiger partial charge in [0.1, 0.15) is 0 Å². The third-order valence-corrected chi connectivity index (χ3v) is 6.46. The number of amides is 2. The number of β-amino-alcohol motifs (C(OH)–C–C–N with tert-alkyl or cyclic N) is 1. The molecule has 1 saturated carbocycles. The Labute approximate surface area is 157 Å². The molecule has 2 N–H and O–H groups in total. The van der Waals surface area contributed by atoms with Crippen LogP contribution in [0.5, 0.6) is 0 Å². The molecule has 2 aliphatic heterocycles. The van der Waals surface area contributed by atoms with Crippen LogP contribution in [-0.2, 0) is 9.59 Å². The molecule has 0 bridgehead atoms. The van der Waals surface area contributed by atoms with Crippen molar-refractivity contribution in [2.24, 2.45) is 5.41 Å². The maximum absolute atomic E-state index is 12.8. The first kappa shape index (κ1) is 19.6. The van der Waals surface area contributed by atoms with Crippen molar-refractivity contribution in [3.8, 4) is 0 Å². The van der Waals surface area contributed by atoms with E-state index < -0.39 is 0 Å². The molecule has 148 valence electrons. The van der Waals surface area contributed by atoms with Gasteiger partial charge in [-0.25, -0.2) is 0 Å². The van der Waals surface area contributed by atoms with Crippen molar-refractivity contribution in [2.45, 2.75) is 70.3 Å². The Morgan fingerprint density at radius 1 is 1.08 bits per heavy atom. The lowest BCUT2D eigenvalue weighted by Gasteiger charge is -2.39. The van der Waals surface area contributed by atoms with Crippen LogP contribution in [-0.4, -0.2) is 72.1 Å². The maximum Gasteiger partial charge on any atom is 0.234 e. The molecule has 0 aromatic rings. The molecular weight excluding hydrogens is 330 g/mol. The Kier molecular flexibility index (Phi) is 6.92. The van der Waals surface area contributed by atoms with Gasteiger partial charge in [0, 0.05) is 25.7 Å².